The number of fused-ring (bicyclic) bond motifs is 1. The van der Waals surface area contributed by atoms with Crippen LogP contribution in [0.2, 0.25) is 0 Å². The topological polar surface area (TPSA) is 80.5 Å². The highest BCUT2D eigenvalue weighted by Crippen LogP contribution is 2.39. The molecule has 136 valence electrons. The highest BCUT2D eigenvalue weighted by atomic mass is 16.4. The fraction of sp³-hybridized carbons (Fsp3) is 0.333. The molecular weight excluding hydrogens is 338 g/mol. The van der Waals surface area contributed by atoms with Crippen molar-refractivity contribution in [1.82, 2.24) is 25.1 Å². The third-order valence-electron chi connectivity index (χ3n) is 4.90. The van der Waals surface area contributed by atoms with Crippen LogP contribution in [-0.4, -0.2) is 25.1 Å². The maximum atomic E-state index is 5.85. The average Bonchev–Trinajstić information content (AvgIpc) is 3.28. The van der Waals surface area contributed by atoms with E-state index < -0.39 is 0 Å². The lowest BCUT2D eigenvalue weighted by molar-refractivity contribution is 0.466. The van der Waals surface area contributed by atoms with Gasteiger partial charge in [-0.15, -0.1) is 10.2 Å². The van der Waals surface area contributed by atoms with Crippen LogP contribution < -0.4 is 0 Å². The highest BCUT2D eigenvalue weighted by molar-refractivity contribution is 5.96. The van der Waals surface area contributed by atoms with Gasteiger partial charge in [-0.25, -0.2) is 4.98 Å². The van der Waals surface area contributed by atoms with Crippen LogP contribution in [0.4, 0.5) is 0 Å². The molecule has 0 aliphatic heterocycles. The Kier molecular flexibility index (Phi) is 3.77. The predicted octanol–water partition coefficient (Wildman–Crippen LogP) is 4.75. The van der Waals surface area contributed by atoms with Gasteiger partial charge < -0.3 is 9.40 Å². The maximum absolute atomic E-state index is 5.85. The molecule has 6 nitrogen and oxygen atoms in total. The molecular formula is C21H21N5O. The number of benzene rings is 1. The molecule has 1 aliphatic rings. The largest absolute Gasteiger partial charge is 0.421 e. The monoisotopic (exact) mass is 359 g/mol. The van der Waals surface area contributed by atoms with E-state index in [9.17, 15) is 0 Å². The minimum Gasteiger partial charge on any atom is -0.421 e. The summed E-state index contributed by atoms with van der Waals surface area (Å²) in [5.74, 6) is 2.29. The molecule has 0 unspecified atom stereocenters. The van der Waals surface area contributed by atoms with Gasteiger partial charge in [0.05, 0.1) is 17.6 Å². The summed E-state index contributed by atoms with van der Waals surface area (Å²) in [5, 5.41) is 9.48. The Labute approximate surface area is 157 Å². The summed E-state index contributed by atoms with van der Waals surface area (Å²) < 4.78 is 5.85. The van der Waals surface area contributed by atoms with Crippen molar-refractivity contribution in [3.63, 3.8) is 0 Å². The molecule has 27 heavy (non-hydrogen) atoms. The SMILES string of the molecule is CC(C)Cc1nnc(-c2ccc3[nH]cc(-c4cncc(C5CC5)n4)c3c2)o1. The fourth-order valence-corrected chi connectivity index (χ4v) is 3.35. The van der Waals surface area contributed by atoms with Crippen LogP contribution in [0.5, 0.6) is 0 Å². The Balaban J connectivity index is 1.54. The van der Waals surface area contributed by atoms with E-state index in [-0.39, 0.29) is 0 Å². The van der Waals surface area contributed by atoms with Crippen molar-refractivity contribution in [2.24, 2.45) is 5.92 Å². The van der Waals surface area contributed by atoms with Gasteiger partial charge in [0.1, 0.15) is 0 Å². The Morgan fingerprint density at radius 3 is 2.89 bits per heavy atom. The van der Waals surface area contributed by atoms with E-state index >= 15 is 0 Å². The number of rotatable bonds is 5. The van der Waals surface area contributed by atoms with E-state index in [0.29, 0.717) is 23.6 Å². The van der Waals surface area contributed by atoms with E-state index in [1.54, 1.807) is 0 Å². The normalized spacial score (nSPS) is 14.3. The van der Waals surface area contributed by atoms with Gasteiger partial charge >= 0.3 is 0 Å². The van der Waals surface area contributed by atoms with Crippen LogP contribution in [0.15, 0.2) is 41.2 Å². The molecule has 0 atom stereocenters. The lowest BCUT2D eigenvalue weighted by atomic mass is 10.1. The summed E-state index contributed by atoms with van der Waals surface area (Å²) in [4.78, 5) is 12.6. The molecule has 0 saturated heterocycles. The van der Waals surface area contributed by atoms with E-state index in [1.807, 2.05) is 30.7 Å². The standard InChI is InChI=1S/C21H21N5O/c1-12(2)7-20-25-26-21(27-20)14-5-6-17-15(8-14)16(9-23-17)19-11-22-10-18(24-19)13-3-4-13/h5-6,8-13,23H,3-4,7H2,1-2H3. The Morgan fingerprint density at radius 2 is 2.07 bits per heavy atom. The van der Waals surface area contributed by atoms with Gasteiger partial charge in [-0.3, -0.25) is 4.98 Å². The zero-order chi connectivity index (χ0) is 18.4. The summed E-state index contributed by atoms with van der Waals surface area (Å²) in [6.07, 6.45) is 8.92. The van der Waals surface area contributed by atoms with Crippen molar-refractivity contribution in [1.29, 1.82) is 0 Å². The molecule has 3 aromatic heterocycles. The Morgan fingerprint density at radius 1 is 1.19 bits per heavy atom. The highest BCUT2D eigenvalue weighted by Gasteiger charge is 2.25. The summed E-state index contributed by atoms with van der Waals surface area (Å²) in [7, 11) is 0. The quantitative estimate of drug-likeness (QED) is 0.556. The molecule has 3 heterocycles. The third-order valence-corrected chi connectivity index (χ3v) is 4.90. The first-order valence-corrected chi connectivity index (χ1v) is 9.43. The predicted molar refractivity (Wildman–Crippen MR) is 103 cm³/mol. The molecule has 1 N–H and O–H groups in total. The Hall–Kier alpha value is -3.02. The molecule has 0 amide bonds. The van der Waals surface area contributed by atoms with Gasteiger partial charge in [0.25, 0.3) is 0 Å². The van der Waals surface area contributed by atoms with Crippen LogP contribution in [0.25, 0.3) is 33.6 Å². The molecule has 4 aromatic rings. The molecule has 1 fully saturated rings. The van der Waals surface area contributed by atoms with E-state index in [1.165, 1.54) is 12.8 Å². The van der Waals surface area contributed by atoms with Crippen LogP contribution in [-0.2, 0) is 6.42 Å². The molecule has 1 saturated carbocycles. The number of aromatic nitrogens is 5. The van der Waals surface area contributed by atoms with Crippen molar-refractivity contribution in [3.8, 4) is 22.7 Å². The van der Waals surface area contributed by atoms with Gasteiger partial charge in [-0.2, -0.15) is 0 Å². The lowest BCUT2D eigenvalue weighted by Crippen LogP contribution is -1.93. The summed E-state index contributed by atoms with van der Waals surface area (Å²) in [6, 6.07) is 6.12. The van der Waals surface area contributed by atoms with Crippen LogP contribution in [0.1, 0.15) is 44.2 Å². The fourth-order valence-electron chi connectivity index (χ4n) is 3.35. The molecule has 1 aliphatic carbocycles. The second kappa shape index (κ2) is 6.30. The van der Waals surface area contributed by atoms with E-state index in [0.717, 1.165) is 39.8 Å². The van der Waals surface area contributed by atoms with Crippen molar-refractivity contribution in [3.05, 3.63) is 48.4 Å². The van der Waals surface area contributed by atoms with Crippen molar-refractivity contribution in [2.75, 3.05) is 0 Å². The zero-order valence-corrected chi connectivity index (χ0v) is 15.4. The summed E-state index contributed by atoms with van der Waals surface area (Å²) in [6.45, 7) is 4.28. The number of H-pyrrole nitrogens is 1. The van der Waals surface area contributed by atoms with E-state index in [2.05, 4.69) is 40.1 Å². The minimum atomic E-state index is 0.481. The third kappa shape index (κ3) is 3.12. The van der Waals surface area contributed by atoms with Crippen molar-refractivity contribution < 1.29 is 4.42 Å². The maximum Gasteiger partial charge on any atom is 0.247 e. The number of nitrogens with zero attached hydrogens (tertiary/aromatic N) is 4. The molecule has 1 aromatic carbocycles. The smallest absolute Gasteiger partial charge is 0.247 e. The van der Waals surface area contributed by atoms with Crippen molar-refractivity contribution >= 4 is 10.9 Å². The lowest BCUT2D eigenvalue weighted by Gasteiger charge is -2.03. The molecule has 0 radical (unpaired) electrons. The van der Waals surface area contributed by atoms with Crippen LogP contribution in [0.3, 0.4) is 0 Å². The summed E-state index contributed by atoms with van der Waals surface area (Å²) in [5.41, 5.74) is 5.00. The van der Waals surface area contributed by atoms with Crippen LogP contribution in [0, 0.1) is 5.92 Å². The first-order valence-electron chi connectivity index (χ1n) is 9.43. The molecule has 5 rings (SSSR count). The Bertz CT molecular complexity index is 1110. The first-order chi connectivity index (χ1) is 13.2. The van der Waals surface area contributed by atoms with Gasteiger partial charge in [0.15, 0.2) is 0 Å². The number of aromatic amines is 1. The summed E-state index contributed by atoms with van der Waals surface area (Å²) >= 11 is 0. The van der Waals surface area contributed by atoms with Gasteiger partial charge in [-0.1, -0.05) is 13.8 Å². The first kappa shape index (κ1) is 16.2. The zero-order valence-electron chi connectivity index (χ0n) is 15.4. The van der Waals surface area contributed by atoms with Gasteiger partial charge in [0.2, 0.25) is 11.8 Å². The molecule has 6 heteroatoms. The number of nitrogens with one attached hydrogen (secondary N) is 1. The van der Waals surface area contributed by atoms with Crippen molar-refractivity contribution in [2.45, 2.75) is 39.0 Å². The second-order valence-electron chi connectivity index (χ2n) is 7.67. The van der Waals surface area contributed by atoms with Crippen LogP contribution >= 0.6 is 0 Å². The number of hydrogen-bond donors (Lipinski definition) is 1. The molecule has 0 spiro atoms. The molecule has 0 bridgehead atoms. The average molecular weight is 359 g/mol. The van der Waals surface area contributed by atoms with E-state index in [4.69, 9.17) is 9.40 Å². The minimum absolute atomic E-state index is 0.481. The van der Waals surface area contributed by atoms with Gasteiger partial charge in [0, 0.05) is 46.8 Å². The number of hydrogen-bond acceptors (Lipinski definition) is 5. The van der Waals surface area contributed by atoms with Gasteiger partial charge in [-0.05, 0) is 37.0 Å². The second-order valence-corrected chi connectivity index (χ2v) is 7.67.